The summed E-state index contributed by atoms with van der Waals surface area (Å²) in [6.45, 7) is 6.16. The molecule has 1 aliphatic rings. The molecule has 29 nitrogen and oxygen atoms in total. The van der Waals surface area contributed by atoms with Crippen molar-refractivity contribution in [1.82, 2.24) is 68.6 Å². The van der Waals surface area contributed by atoms with Crippen molar-refractivity contribution in [1.29, 1.82) is 5.41 Å². The molecule has 0 bridgehead atoms. The van der Waals surface area contributed by atoms with E-state index in [4.69, 9.17) is 16.9 Å². The van der Waals surface area contributed by atoms with Gasteiger partial charge in [0.1, 0.15) is 54.1 Å². The van der Waals surface area contributed by atoms with Crippen molar-refractivity contribution in [3.63, 3.8) is 0 Å². The molecule has 0 radical (unpaired) electrons. The first kappa shape index (κ1) is 68.0. The van der Waals surface area contributed by atoms with Crippen LogP contribution in [0.3, 0.4) is 0 Å². The van der Waals surface area contributed by atoms with Crippen molar-refractivity contribution >= 4 is 82.0 Å². The summed E-state index contributed by atoms with van der Waals surface area (Å²) < 4.78 is 0. The van der Waals surface area contributed by atoms with Crippen LogP contribution in [0.2, 0.25) is 0 Å². The number of hydrazine groups is 1. The van der Waals surface area contributed by atoms with E-state index in [1.807, 2.05) is 24.3 Å². The molecule has 1 saturated heterocycles. The van der Waals surface area contributed by atoms with Crippen LogP contribution in [0.5, 0.6) is 5.75 Å². The monoisotopic (exact) mass is 1210 g/mol. The predicted octanol–water partition coefficient (Wildman–Crippen LogP) is -2.17. The number of aromatic nitrogens is 1. The number of nitrogens with zero attached hydrogens (tertiary/aromatic N) is 1. The Morgan fingerprint density at radius 1 is 0.678 bits per heavy atom. The van der Waals surface area contributed by atoms with Crippen molar-refractivity contribution < 1.29 is 63.0 Å². The standard InChI is InChI=1S/C58H80N16O13/c1-6-39(66-53(83)45(28-48(59)78)70-55(85)47-27-37(77)30-74(47)56(86)46(65-32(4)75)25-34-18-20-36(76)21-19-34)50(80)69-44(24-33-13-8-7-9-14-33)54(84)72-73-58(87)71-43(23-31(2)3)52(82)67-41(17-12-22-63-57(61)62-5)51(81)68-42(49(60)79)26-35-29-64-40-16-11-10-15-38(35)40/h7-11,13-16,18-21,29,31,37,39,41-47,64,76-77H,6,12,17,22-28,30H2,1-5H3,(H2,59,78)(H2,60,79)(H,65,75)(H,66,83)(H,67,82)(H,68,81)(H,69,80)(H,70,85)(H,72,84)(H3,61,62,63)(H2,71,73,87)/t37-,39+,41+,42+,43+,44+,45+,46-,47+/m1/s1. The van der Waals surface area contributed by atoms with Crippen LogP contribution in [0.1, 0.15) is 82.9 Å². The maximum absolute atomic E-state index is 14.1. The molecular weight excluding hydrogens is 1130 g/mol. The average Bonchev–Trinajstić information content (AvgIpc) is 2.05. The highest BCUT2D eigenvalue weighted by Crippen LogP contribution is 2.23. The van der Waals surface area contributed by atoms with Crippen molar-refractivity contribution in [2.24, 2.45) is 17.4 Å². The fraction of sp³-hybridized carbons (Fsp3) is 0.448. The van der Waals surface area contributed by atoms with Gasteiger partial charge in [0, 0.05) is 69.8 Å². The maximum Gasteiger partial charge on any atom is 0.334 e. The summed E-state index contributed by atoms with van der Waals surface area (Å²) in [5.74, 6) is -8.84. The van der Waals surface area contributed by atoms with Gasteiger partial charge in [-0.2, -0.15) is 0 Å². The van der Waals surface area contributed by atoms with Crippen molar-refractivity contribution in [2.75, 3.05) is 20.1 Å². The normalized spacial score (nSPS) is 16.0. The molecule has 29 heteroatoms. The fourth-order valence-electron chi connectivity index (χ4n) is 9.72. The number of rotatable bonds is 30. The van der Waals surface area contributed by atoms with Gasteiger partial charge < -0.3 is 79.4 Å². The van der Waals surface area contributed by atoms with E-state index in [1.54, 1.807) is 57.4 Å². The molecule has 9 atom stereocenters. The van der Waals surface area contributed by atoms with Gasteiger partial charge in [-0.15, -0.1) is 0 Å². The number of phenols is 1. The molecule has 19 N–H and O–H groups in total. The number of hydrogen-bond acceptors (Lipinski definition) is 14. The van der Waals surface area contributed by atoms with Gasteiger partial charge in [-0.25, -0.2) is 10.2 Å². The topological polar surface area (TPSA) is 455 Å². The number of benzene rings is 3. The van der Waals surface area contributed by atoms with Crippen LogP contribution >= 0.6 is 0 Å². The Morgan fingerprint density at radius 3 is 1.92 bits per heavy atom. The minimum atomic E-state index is -1.72. The van der Waals surface area contributed by atoms with Crippen LogP contribution in [0.25, 0.3) is 10.9 Å². The number of primary amides is 2. The van der Waals surface area contributed by atoms with Gasteiger partial charge >= 0.3 is 6.03 Å². The lowest BCUT2D eigenvalue weighted by atomic mass is 10.0. The molecule has 5 rings (SSSR count). The van der Waals surface area contributed by atoms with E-state index in [-0.39, 0.29) is 82.1 Å². The van der Waals surface area contributed by atoms with Crippen LogP contribution in [0.15, 0.2) is 85.1 Å². The number of aliphatic hydroxyl groups is 1. The Kier molecular flexibility index (Phi) is 25.8. The number of carbonyl (C=O) groups is 11. The summed E-state index contributed by atoms with van der Waals surface area (Å²) in [6, 6.07) is 9.60. The smallest absolute Gasteiger partial charge is 0.334 e. The molecule has 0 saturated carbocycles. The van der Waals surface area contributed by atoms with Gasteiger partial charge in [-0.3, -0.25) is 58.8 Å². The molecule has 1 fully saturated rings. The lowest BCUT2D eigenvalue weighted by molar-refractivity contribution is -0.142. The van der Waals surface area contributed by atoms with Gasteiger partial charge in [-0.05, 0) is 66.5 Å². The van der Waals surface area contributed by atoms with E-state index in [1.165, 1.54) is 38.1 Å². The van der Waals surface area contributed by atoms with E-state index in [9.17, 15) is 63.0 Å². The molecule has 0 aliphatic carbocycles. The summed E-state index contributed by atoms with van der Waals surface area (Å²) in [7, 11) is 1.55. The number of amides is 12. The number of nitrogens with one attached hydrogen (secondary N) is 13. The summed E-state index contributed by atoms with van der Waals surface area (Å²) in [4.78, 5) is 153. The number of β-amino-alcohol motifs (C(OH)–C–C–N with tert-alkyl or cyclic N) is 1. The number of aromatic hydroxyl groups is 1. The number of hydrogen-bond donors (Lipinski definition) is 17. The third-order valence-corrected chi connectivity index (χ3v) is 14.2. The zero-order chi connectivity index (χ0) is 63.9. The van der Waals surface area contributed by atoms with Gasteiger partial charge in [-0.1, -0.05) is 81.4 Å². The molecule has 87 heavy (non-hydrogen) atoms. The summed E-state index contributed by atoms with van der Waals surface area (Å²) in [5.41, 5.74) is 18.4. The molecule has 12 amide bonds. The first-order valence-corrected chi connectivity index (χ1v) is 28.4. The predicted molar refractivity (Wildman–Crippen MR) is 318 cm³/mol. The van der Waals surface area contributed by atoms with Crippen LogP contribution in [-0.2, 0) is 67.2 Å². The molecular formula is C58H80N16O13. The largest absolute Gasteiger partial charge is 0.508 e. The Labute approximate surface area is 502 Å². The van der Waals surface area contributed by atoms with Gasteiger partial charge in [0.15, 0.2) is 5.96 Å². The zero-order valence-electron chi connectivity index (χ0n) is 49.1. The number of phenolic OH excluding ortho intramolecular Hbond substituents is 1. The number of para-hydroxylation sites is 1. The Bertz CT molecular complexity index is 3090. The first-order valence-electron chi connectivity index (χ1n) is 28.4. The second-order valence-corrected chi connectivity index (χ2v) is 21.5. The van der Waals surface area contributed by atoms with E-state index >= 15 is 0 Å². The minimum absolute atomic E-state index is 0.0142. The third kappa shape index (κ3) is 21.3. The van der Waals surface area contributed by atoms with Gasteiger partial charge in [0.05, 0.1) is 12.5 Å². The summed E-state index contributed by atoms with van der Waals surface area (Å²) in [6.07, 6.45) is -0.533. The van der Waals surface area contributed by atoms with Crippen LogP contribution in [0.4, 0.5) is 4.79 Å². The van der Waals surface area contributed by atoms with E-state index in [2.05, 4.69) is 63.7 Å². The first-order chi connectivity index (χ1) is 41.3. The highest BCUT2D eigenvalue weighted by Gasteiger charge is 2.43. The number of carbonyl (C=O) groups excluding carboxylic acids is 11. The zero-order valence-corrected chi connectivity index (χ0v) is 49.1. The van der Waals surface area contributed by atoms with Crippen LogP contribution < -0.4 is 70.2 Å². The number of H-pyrrole nitrogens is 1. The lowest BCUT2D eigenvalue weighted by Gasteiger charge is -2.30. The molecule has 4 aromatic rings. The number of likely N-dealkylation sites (tertiary alicyclic amines) is 1. The van der Waals surface area contributed by atoms with Crippen molar-refractivity contribution in [3.8, 4) is 5.75 Å². The molecule has 1 aliphatic heterocycles. The van der Waals surface area contributed by atoms with Gasteiger partial charge in [0.25, 0.3) is 5.91 Å². The second kappa shape index (κ2) is 33.0. The quantitative estimate of drug-likeness (QED) is 0.0114. The summed E-state index contributed by atoms with van der Waals surface area (Å²) in [5, 5.41) is 52.5. The van der Waals surface area contributed by atoms with Crippen LogP contribution in [-0.4, -0.2) is 166 Å². The number of aliphatic hydroxyl groups excluding tert-OH is 1. The average molecular weight is 1210 g/mol. The Balaban J connectivity index is 1.26. The summed E-state index contributed by atoms with van der Waals surface area (Å²) >= 11 is 0. The van der Waals surface area contributed by atoms with Gasteiger partial charge in [0.2, 0.25) is 53.2 Å². The molecule has 2 heterocycles. The molecule has 0 unspecified atom stereocenters. The van der Waals surface area contributed by atoms with Crippen molar-refractivity contribution in [2.45, 2.75) is 140 Å². The third-order valence-electron chi connectivity index (χ3n) is 14.2. The maximum atomic E-state index is 14.1. The fourth-order valence-corrected chi connectivity index (χ4v) is 9.72. The van der Waals surface area contributed by atoms with E-state index < -0.39 is 126 Å². The SMILES string of the molecule is CC[C@H](NC(=O)[C@H](CC(N)=O)NC(=O)[C@@H]1C[C@@H](O)CN1C(=O)[C@@H](Cc1ccc(O)cc1)NC(C)=O)C(=O)N[C@@H](Cc1ccccc1)C(=O)NNC(=O)N[C@@H](CC(C)C)C(=O)N[C@@H](CCCNC(=N)NC)C(=O)N[C@@H](Cc1c[nH]c2ccccc12)C(N)=O. The number of urea groups is 1. The second-order valence-electron chi connectivity index (χ2n) is 21.5. The minimum Gasteiger partial charge on any atom is -0.508 e. The molecule has 3 aromatic carbocycles. The van der Waals surface area contributed by atoms with Crippen molar-refractivity contribution in [3.05, 3.63) is 102 Å². The highest BCUT2D eigenvalue weighted by molar-refractivity contribution is 5.99. The lowest BCUT2D eigenvalue weighted by Crippen LogP contribution is -2.61. The number of guanidine groups is 1. The number of fused-ring (bicyclic) bond motifs is 1. The molecule has 470 valence electrons. The van der Waals surface area contributed by atoms with Crippen LogP contribution in [0, 0.1) is 11.3 Å². The Morgan fingerprint density at radius 2 is 1.28 bits per heavy atom. The molecule has 1 aromatic heterocycles. The van der Waals surface area contributed by atoms with E-state index in [0.717, 1.165) is 15.8 Å². The van der Waals surface area contributed by atoms with E-state index in [0.29, 0.717) is 16.7 Å². The molecule has 0 spiro atoms. The number of nitrogens with two attached hydrogens (primary N) is 2. The Hall–Kier alpha value is -9.80. The number of aromatic amines is 1. The highest BCUT2D eigenvalue weighted by atomic mass is 16.3.